The van der Waals surface area contributed by atoms with E-state index < -0.39 is 0 Å². The van der Waals surface area contributed by atoms with Gasteiger partial charge in [0.25, 0.3) is 5.91 Å². The van der Waals surface area contributed by atoms with Gasteiger partial charge in [-0.1, -0.05) is 54.1 Å². The Kier molecular flexibility index (Phi) is 7.00. The molecule has 0 saturated heterocycles. The molecule has 0 unspecified atom stereocenters. The normalized spacial score (nSPS) is 10.9. The zero-order valence-electron chi connectivity index (χ0n) is 17.3. The van der Waals surface area contributed by atoms with E-state index in [0.717, 1.165) is 22.6 Å². The molecule has 0 fully saturated rings. The minimum Gasteiger partial charge on any atom is -0.489 e. The third kappa shape index (κ3) is 5.86. The quantitative estimate of drug-likeness (QED) is 0.274. The number of fused-ring (bicyclic) bond motifs is 1. The molecule has 4 aromatic carbocycles. The van der Waals surface area contributed by atoms with E-state index in [1.807, 2.05) is 54.6 Å². The number of carbonyl (C=O) groups is 1. The van der Waals surface area contributed by atoms with Gasteiger partial charge in [0.15, 0.2) is 0 Å². The van der Waals surface area contributed by atoms with E-state index in [0.29, 0.717) is 11.6 Å². The van der Waals surface area contributed by atoms with Crippen LogP contribution < -0.4 is 15.5 Å². The number of benzene rings is 4. The van der Waals surface area contributed by atoms with Gasteiger partial charge >= 0.3 is 0 Å². The summed E-state index contributed by atoms with van der Waals surface area (Å²) in [5.41, 5.74) is 5.31. The summed E-state index contributed by atoms with van der Waals surface area (Å²) in [4.78, 5) is 11.9. The summed E-state index contributed by atoms with van der Waals surface area (Å²) in [6.07, 6.45) is 1.59. The van der Waals surface area contributed by atoms with Gasteiger partial charge in [0.05, 0.1) is 12.8 Å². The Morgan fingerprint density at radius 2 is 1.66 bits per heavy atom. The minimum atomic E-state index is -0.244. The third-order valence-corrected chi connectivity index (χ3v) is 5.11. The Balaban J connectivity index is 1.25. The Labute approximate surface area is 191 Å². The molecule has 0 aliphatic carbocycles. The molecule has 0 saturated carbocycles. The van der Waals surface area contributed by atoms with Crippen molar-refractivity contribution in [2.24, 2.45) is 5.10 Å². The lowest BCUT2D eigenvalue weighted by Gasteiger charge is -2.09. The highest BCUT2D eigenvalue weighted by molar-refractivity contribution is 6.30. The van der Waals surface area contributed by atoms with Gasteiger partial charge in [-0.2, -0.15) is 5.10 Å². The molecule has 0 heterocycles. The molecule has 0 aliphatic heterocycles. The van der Waals surface area contributed by atoms with Crippen molar-refractivity contribution in [1.82, 2.24) is 5.43 Å². The Morgan fingerprint density at radius 1 is 0.906 bits per heavy atom. The van der Waals surface area contributed by atoms with E-state index in [1.54, 1.807) is 18.3 Å². The van der Waals surface area contributed by atoms with Crippen LogP contribution >= 0.6 is 11.6 Å². The molecule has 0 spiro atoms. The van der Waals surface area contributed by atoms with Crippen molar-refractivity contribution >= 4 is 40.2 Å². The van der Waals surface area contributed by atoms with E-state index in [4.69, 9.17) is 16.3 Å². The van der Waals surface area contributed by atoms with E-state index >= 15 is 0 Å². The first-order valence-electron chi connectivity index (χ1n) is 10.2. The molecular weight excluding hydrogens is 422 g/mol. The molecule has 0 bridgehead atoms. The minimum absolute atomic E-state index is 0.111. The van der Waals surface area contributed by atoms with Crippen LogP contribution in [0.25, 0.3) is 10.8 Å². The number of nitrogens with zero attached hydrogens (tertiary/aromatic N) is 1. The van der Waals surface area contributed by atoms with Gasteiger partial charge in [0.2, 0.25) is 0 Å². The van der Waals surface area contributed by atoms with Crippen molar-refractivity contribution in [3.63, 3.8) is 0 Å². The smallest absolute Gasteiger partial charge is 0.259 e. The molecule has 32 heavy (non-hydrogen) atoms. The third-order valence-electron chi connectivity index (χ3n) is 4.85. The number of ether oxygens (including phenoxy) is 1. The molecule has 0 atom stereocenters. The lowest BCUT2D eigenvalue weighted by Crippen LogP contribution is -2.25. The summed E-state index contributed by atoms with van der Waals surface area (Å²) in [5.74, 6) is 0.525. The van der Waals surface area contributed by atoms with Gasteiger partial charge in [0.1, 0.15) is 12.4 Å². The zero-order valence-corrected chi connectivity index (χ0v) is 18.0. The Morgan fingerprint density at radius 3 is 2.47 bits per heavy atom. The summed E-state index contributed by atoms with van der Waals surface area (Å²) in [7, 11) is 0. The molecule has 160 valence electrons. The Hall–Kier alpha value is -3.83. The standard InChI is InChI=1S/C26H22ClN3O2/c27-22-10-12-23(13-11-22)28-17-26(31)30-29-16-19-8-14-24(15-9-19)32-18-21-6-3-5-20-4-1-2-7-25(20)21/h1-16,28H,17-18H2,(H,30,31)/b29-16-. The highest BCUT2D eigenvalue weighted by Crippen LogP contribution is 2.21. The van der Waals surface area contributed by atoms with Crippen LogP contribution in [0.4, 0.5) is 5.69 Å². The molecule has 5 nitrogen and oxygen atoms in total. The second-order valence-corrected chi connectivity index (χ2v) is 7.59. The molecule has 2 N–H and O–H groups in total. The van der Waals surface area contributed by atoms with Crippen molar-refractivity contribution in [2.75, 3.05) is 11.9 Å². The number of rotatable bonds is 8. The fourth-order valence-electron chi connectivity index (χ4n) is 3.20. The molecule has 0 aliphatic rings. The van der Waals surface area contributed by atoms with Crippen LogP contribution in [0.3, 0.4) is 0 Å². The van der Waals surface area contributed by atoms with Crippen molar-refractivity contribution in [3.05, 3.63) is 107 Å². The van der Waals surface area contributed by atoms with Gasteiger partial charge < -0.3 is 10.1 Å². The summed E-state index contributed by atoms with van der Waals surface area (Å²) < 4.78 is 5.95. The first-order chi connectivity index (χ1) is 15.7. The van der Waals surface area contributed by atoms with E-state index in [1.165, 1.54) is 10.8 Å². The van der Waals surface area contributed by atoms with Gasteiger partial charge in [-0.15, -0.1) is 0 Å². The highest BCUT2D eigenvalue weighted by Gasteiger charge is 2.02. The largest absolute Gasteiger partial charge is 0.489 e. The lowest BCUT2D eigenvalue weighted by molar-refractivity contribution is -0.119. The Bertz CT molecular complexity index is 1220. The fourth-order valence-corrected chi connectivity index (χ4v) is 3.32. The van der Waals surface area contributed by atoms with Crippen LogP contribution in [0.1, 0.15) is 11.1 Å². The van der Waals surface area contributed by atoms with Crippen molar-refractivity contribution < 1.29 is 9.53 Å². The molecule has 4 rings (SSSR count). The van der Waals surface area contributed by atoms with Gasteiger partial charge in [-0.25, -0.2) is 5.43 Å². The monoisotopic (exact) mass is 443 g/mol. The predicted molar refractivity (Wildman–Crippen MR) is 130 cm³/mol. The van der Waals surface area contributed by atoms with E-state index in [-0.39, 0.29) is 12.5 Å². The second-order valence-electron chi connectivity index (χ2n) is 7.15. The number of carbonyl (C=O) groups excluding carboxylic acids is 1. The average Bonchev–Trinajstić information content (AvgIpc) is 2.83. The number of hydrogen-bond acceptors (Lipinski definition) is 4. The maximum atomic E-state index is 11.9. The summed E-state index contributed by atoms with van der Waals surface area (Å²) in [5, 5.41) is 10.0. The molecule has 0 radical (unpaired) electrons. The van der Waals surface area contributed by atoms with Crippen molar-refractivity contribution in [2.45, 2.75) is 6.61 Å². The van der Waals surface area contributed by atoms with E-state index in [9.17, 15) is 4.79 Å². The predicted octanol–water partition coefficient (Wildman–Crippen LogP) is 5.63. The summed E-state index contributed by atoms with van der Waals surface area (Å²) in [6.45, 7) is 0.603. The van der Waals surface area contributed by atoms with Crippen LogP contribution in [-0.2, 0) is 11.4 Å². The number of nitrogens with one attached hydrogen (secondary N) is 2. The molecule has 1 amide bonds. The van der Waals surface area contributed by atoms with Gasteiger partial charge in [0, 0.05) is 10.7 Å². The number of hydrogen-bond donors (Lipinski definition) is 2. The van der Waals surface area contributed by atoms with Crippen LogP contribution in [0.5, 0.6) is 5.75 Å². The molecule has 4 aromatic rings. The van der Waals surface area contributed by atoms with Gasteiger partial charge in [-0.05, 0) is 70.4 Å². The van der Waals surface area contributed by atoms with Gasteiger partial charge in [-0.3, -0.25) is 4.79 Å². The number of amides is 1. The van der Waals surface area contributed by atoms with Crippen LogP contribution in [0.2, 0.25) is 5.02 Å². The zero-order chi connectivity index (χ0) is 22.2. The maximum absolute atomic E-state index is 11.9. The first kappa shape index (κ1) is 21.4. The lowest BCUT2D eigenvalue weighted by atomic mass is 10.1. The SMILES string of the molecule is O=C(CNc1ccc(Cl)cc1)N/N=C\c1ccc(OCc2cccc3ccccc23)cc1. The van der Waals surface area contributed by atoms with E-state index in [2.05, 4.69) is 40.1 Å². The molecule has 6 heteroatoms. The van der Waals surface area contributed by atoms with Crippen molar-refractivity contribution in [1.29, 1.82) is 0 Å². The summed E-state index contributed by atoms with van der Waals surface area (Å²) in [6, 6.07) is 29.2. The van der Waals surface area contributed by atoms with Crippen LogP contribution in [0.15, 0.2) is 96.1 Å². The van der Waals surface area contributed by atoms with Crippen molar-refractivity contribution in [3.8, 4) is 5.75 Å². The topological polar surface area (TPSA) is 62.7 Å². The van der Waals surface area contributed by atoms with Crippen LogP contribution in [-0.4, -0.2) is 18.7 Å². The average molecular weight is 444 g/mol. The molecule has 0 aromatic heterocycles. The second kappa shape index (κ2) is 10.5. The first-order valence-corrected chi connectivity index (χ1v) is 10.6. The van der Waals surface area contributed by atoms with Crippen LogP contribution in [0, 0.1) is 0 Å². The number of anilines is 1. The fraction of sp³-hybridized carbons (Fsp3) is 0.0769. The highest BCUT2D eigenvalue weighted by atomic mass is 35.5. The summed E-state index contributed by atoms with van der Waals surface area (Å²) >= 11 is 5.84. The number of halogens is 1. The molecular formula is C26H22ClN3O2. The maximum Gasteiger partial charge on any atom is 0.259 e. The number of hydrazone groups is 1.